The highest BCUT2D eigenvalue weighted by Crippen LogP contribution is 2.45. The van der Waals surface area contributed by atoms with E-state index >= 15 is 0 Å². The van der Waals surface area contributed by atoms with E-state index < -0.39 is 12.1 Å². The molecule has 0 radical (unpaired) electrons. The van der Waals surface area contributed by atoms with Gasteiger partial charge in [0, 0.05) is 35.6 Å². The zero-order valence-corrected chi connectivity index (χ0v) is 24.7. The SMILES string of the molecule is Cc1c(C(=O)N2C[C@H](C3CCCCC3)CC2C(O)c2c(Cl)cncc2Cl)cnn1[C@H]1CC[C@](C)(C(C)=O)CC1. The van der Waals surface area contributed by atoms with E-state index in [4.69, 9.17) is 23.2 Å². The average Bonchev–Trinajstić information content (AvgIpc) is 3.53. The quantitative estimate of drug-likeness (QED) is 0.412. The summed E-state index contributed by atoms with van der Waals surface area (Å²) in [4.78, 5) is 32.2. The van der Waals surface area contributed by atoms with Crippen molar-refractivity contribution in [2.75, 3.05) is 6.54 Å². The molecule has 3 heterocycles. The van der Waals surface area contributed by atoms with Crippen molar-refractivity contribution < 1.29 is 14.7 Å². The lowest BCUT2D eigenvalue weighted by atomic mass is 9.71. The Morgan fingerprint density at radius 2 is 1.67 bits per heavy atom. The van der Waals surface area contributed by atoms with E-state index in [1.807, 2.05) is 16.5 Å². The smallest absolute Gasteiger partial charge is 0.257 e. The number of amides is 1. The number of carbonyl (C=O) groups is 2. The molecule has 2 aromatic rings. The second-order valence-corrected chi connectivity index (χ2v) is 13.1. The normalized spacial score (nSPS) is 29.0. The molecule has 1 aliphatic heterocycles. The van der Waals surface area contributed by atoms with Gasteiger partial charge in [-0.2, -0.15) is 5.10 Å². The monoisotopic (exact) mass is 574 g/mol. The lowest BCUT2D eigenvalue weighted by molar-refractivity contribution is -0.127. The Morgan fingerprint density at radius 3 is 2.28 bits per heavy atom. The maximum atomic E-state index is 14.1. The molecule has 39 heavy (non-hydrogen) atoms. The number of aromatic nitrogens is 3. The van der Waals surface area contributed by atoms with Crippen LogP contribution in [0.2, 0.25) is 10.0 Å². The van der Waals surface area contributed by atoms with Gasteiger partial charge in [0.05, 0.1) is 33.9 Å². The van der Waals surface area contributed by atoms with E-state index in [1.165, 1.54) is 44.5 Å². The number of likely N-dealkylation sites (tertiary alicyclic amines) is 1. The standard InChI is InChI=1S/C30H40Cl2N4O3/c1-18-23(14-34-36(18)22-9-11-30(3,12-10-22)19(2)37)29(39)35-17-21(20-7-5-4-6-8-20)13-26(35)28(38)27-24(31)15-33-16-25(27)32/h14-16,20-22,26,28,38H,4-13,17H2,1-3H3/t21-,22-,26?,28?,30-/m1/s1. The highest BCUT2D eigenvalue weighted by molar-refractivity contribution is 6.35. The van der Waals surface area contributed by atoms with Crippen LogP contribution in [0.4, 0.5) is 0 Å². The minimum Gasteiger partial charge on any atom is -0.386 e. The van der Waals surface area contributed by atoms with E-state index in [2.05, 4.69) is 17.0 Å². The van der Waals surface area contributed by atoms with Crippen LogP contribution in [-0.4, -0.2) is 49.0 Å². The Bertz CT molecular complexity index is 1200. The number of ketones is 1. The van der Waals surface area contributed by atoms with Crippen LogP contribution in [0.3, 0.4) is 0 Å². The first-order valence-electron chi connectivity index (χ1n) is 14.4. The summed E-state index contributed by atoms with van der Waals surface area (Å²) in [5.41, 5.74) is 1.58. The molecule has 2 saturated carbocycles. The Hall–Kier alpha value is -1.96. The van der Waals surface area contributed by atoms with Crippen molar-refractivity contribution in [3.8, 4) is 0 Å². The number of Topliss-reactive ketones (excluding diaryl/α,β-unsaturated/α-hetero) is 1. The molecular formula is C30H40Cl2N4O3. The largest absolute Gasteiger partial charge is 0.386 e. The summed E-state index contributed by atoms with van der Waals surface area (Å²) in [6, 6.07) is -0.265. The van der Waals surface area contributed by atoms with Crippen LogP contribution in [0.5, 0.6) is 0 Å². The first-order valence-corrected chi connectivity index (χ1v) is 15.2. The van der Waals surface area contributed by atoms with Crippen LogP contribution >= 0.6 is 23.2 Å². The minimum atomic E-state index is -1.01. The molecule has 1 amide bonds. The first-order chi connectivity index (χ1) is 18.6. The van der Waals surface area contributed by atoms with Gasteiger partial charge in [-0.15, -0.1) is 0 Å². The topological polar surface area (TPSA) is 88.3 Å². The summed E-state index contributed by atoms with van der Waals surface area (Å²) < 4.78 is 1.98. The fourth-order valence-electron chi connectivity index (χ4n) is 7.27. The minimum absolute atomic E-state index is 0.105. The lowest BCUT2D eigenvalue weighted by Gasteiger charge is -2.35. The van der Waals surface area contributed by atoms with Crippen molar-refractivity contribution in [1.29, 1.82) is 0 Å². The molecule has 212 valence electrons. The molecule has 5 rings (SSSR count). The molecule has 0 bridgehead atoms. The Balaban J connectivity index is 1.40. The number of aliphatic hydroxyl groups is 1. The highest BCUT2D eigenvalue weighted by Gasteiger charge is 2.44. The van der Waals surface area contributed by atoms with Gasteiger partial charge < -0.3 is 10.0 Å². The van der Waals surface area contributed by atoms with Crippen molar-refractivity contribution in [3.63, 3.8) is 0 Å². The van der Waals surface area contributed by atoms with Gasteiger partial charge in [-0.3, -0.25) is 19.3 Å². The Kier molecular flexibility index (Phi) is 8.42. The summed E-state index contributed by atoms with van der Waals surface area (Å²) in [5.74, 6) is 1.02. The number of carbonyl (C=O) groups excluding carboxylic acids is 2. The number of aliphatic hydroxyl groups excluding tert-OH is 1. The van der Waals surface area contributed by atoms with E-state index in [-0.39, 0.29) is 23.1 Å². The van der Waals surface area contributed by atoms with E-state index in [0.717, 1.165) is 31.4 Å². The summed E-state index contributed by atoms with van der Waals surface area (Å²) in [7, 11) is 0. The number of nitrogens with zero attached hydrogens (tertiary/aromatic N) is 4. The van der Waals surface area contributed by atoms with Crippen LogP contribution in [0.1, 0.15) is 112 Å². The number of hydrogen-bond acceptors (Lipinski definition) is 5. The van der Waals surface area contributed by atoms with E-state index in [0.29, 0.717) is 46.0 Å². The fraction of sp³-hybridized carbons (Fsp3) is 0.667. The first kappa shape index (κ1) is 28.6. The predicted molar refractivity (Wildman–Crippen MR) is 152 cm³/mol. The van der Waals surface area contributed by atoms with Gasteiger partial charge in [0.2, 0.25) is 0 Å². The summed E-state index contributed by atoms with van der Waals surface area (Å²) in [6.45, 7) is 6.30. The van der Waals surface area contributed by atoms with Gasteiger partial charge in [0.15, 0.2) is 0 Å². The summed E-state index contributed by atoms with van der Waals surface area (Å²) in [6.07, 6.45) is 13.8. The molecule has 1 N–H and O–H groups in total. The number of hydrogen-bond donors (Lipinski definition) is 1. The maximum absolute atomic E-state index is 14.1. The van der Waals surface area contributed by atoms with Gasteiger partial charge in [-0.25, -0.2) is 0 Å². The van der Waals surface area contributed by atoms with E-state index in [1.54, 1.807) is 13.1 Å². The van der Waals surface area contributed by atoms with Crippen LogP contribution in [0, 0.1) is 24.2 Å². The molecule has 2 aromatic heterocycles. The third-order valence-corrected chi connectivity index (χ3v) is 10.6. The second-order valence-electron chi connectivity index (χ2n) is 12.3. The van der Waals surface area contributed by atoms with E-state index in [9.17, 15) is 14.7 Å². The molecule has 9 heteroatoms. The van der Waals surface area contributed by atoms with Gasteiger partial charge in [-0.05, 0) is 57.8 Å². The van der Waals surface area contributed by atoms with Crippen molar-refractivity contribution in [2.24, 2.45) is 17.3 Å². The summed E-state index contributed by atoms with van der Waals surface area (Å²) in [5, 5.41) is 16.9. The Morgan fingerprint density at radius 1 is 1.03 bits per heavy atom. The van der Waals surface area contributed by atoms with Crippen LogP contribution < -0.4 is 0 Å². The van der Waals surface area contributed by atoms with Crippen molar-refractivity contribution in [2.45, 2.75) is 103 Å². The molecule has 2 unspecified atom stereocenters. The van der Waals surface area contributed by atoms with Crippen LogP contribution in [-0.2, 0) is 4.79 Å². The molecule has 1 saturated heterocycles. The van der Waals surface area contributed by atoms with Crippen LogP contribution in [0.15, 0.2) is 18.6 Å². The second kappa shape index (κ2) is 11.5. The molecule has 3 fully saturated rings. The number of halogens is 2. The van der Waals surface area contributed by atoms with Gasteiger partial charge in [0.25, 0.3) is 5.91 Å². The molecule has 7 nitrogen and oxygen atoms in total. The lowest BCUT2D eigenvalue weighted by Crippen LogP contribution is -2.40. The predicted octanol–water partition coefficient (Wildman–Crippen LogP) is 6.75. The molecule has 2 aliphatic carbocycles. The maximum Gasteiger partial charge on any atom is 0.257 e. The van der Waals surface area contributed by atoms with Gasteiger partial charge in [-0.1, -0.05) is 62.2 Å². The molecule has 0 spiro atoms. The summed E-state index contributed by atoms with van der Waals surface area (Å²) >= 11 is 12.9. The molecular weight excluding hydrogens is 535 g/mol. The molecule has 3 aliphatic rings. The Labute approximate surface area is 241 Å². The highest BCUT2D eigenvalue weighted by atomic mass is 35.5. The zero-order valence-electron chi connectivity index (χ0n) is 23.2. The van der Waals surface area contributed by atoms with Crippen molar-refractivity contribution >= 4 is 34.9 Å². The molecule has 0 aromatic carbocycles. The third-order valence-electron chi connectivity index (χ3n) is 10.0. The average molecular weight is 576 g/mol. The number of rotatable bonds is 6. The van der Waals surface area contributed by atoms with Gasteiger partial charge in [0.1, 0.15) is 11.9 Å². The van der Waals surface area contributed by atoms with Crippen molar-refractivity contribution in [3.05, 3.63) is 45.5 Å². The number of pyridine rings is 1. The molecule has 3 atom stereocenters. The van der Waals surface area contributed by atoms with Gasteiger partial charge >= 0.3 is 0 Å². The fourth-order valence-corrected chi connectivity index (χ4v) is 7.86. The van der Waals surface area contributed by atoms with Crippen molar-refractivity contribution in [1.82, 2.24) is 19.7 Å². The zero-order chi connectivity index (χ0) is 27.9. The third kappa shape index (κ3) is 5.51. The van der Waals surface area contributed by atoms with Crippen LogP contribution in [0.25, 0.3) is 0 Å².